The molecule has 1 atom stereocenters. The summed E-state index contributed by atoms with van der Waals surface area (Å²) in [5.74, 6) is -0.497. The van der Waals surface area contributed by atoms with Gasteiger partial charge in [0, 0.05) is 12.3 Å². The second kappa shape index (κ2) is 7.36. The monoisotopic (exact) mass is 382 g/mol. The van der Waals surface area contributed by atoms with Crippen LogP contribution in [0.5, 0.6) is 5.75 Å². The molecule has 1 N–H and O–H groups in total. The summed E-state index contributed by atoms with van der Waals surface area (Å²) in [5.41, 5.74) is 0.528. The molecule has 1 unspecified atom stereocenters. The van der Waals surface area contributed by atoms with E-state index in [9.17, 15) is 22.0 Å². The predicted octanol–water partition coefficient (Wildman–Crippen LogP) is 2.37. The van der Waals surface area contributed by atoms with Gasteiger partial charge in [0.1, 0.15) is 18.1 Å². The average Bonchev–Trinajstić information content (AvgIpc) is 2.63. The Morgan fingerprint density at radius 3 is 2.85 bits per heavy atom. The standard InChI is InChI=1S/C17H16F2N2O4S/c18-16(19)10-25-11-5-7-20-14(9-11)17(22)21-13-6-8-26(23,24)15-4-2-1-3-12(13)15/h1-5,7,9,13,16H,6,8,10H2,(H,21,22). The number of halogens is 2. The SMILES string of the molecule is O=C(NC1CCS(=O)(=O)c2ccccc21)c1cc(OCC(F)F)ccn1. The lowest BCUT2D eigenvalue weighted by molar-refractivity contribution is 0.0817. The van der Waals surface area contributed by atoms with E-state index in [1.807, 2.05) is 0 Å². The second-order valence-electron chi connectivity index (χ2n) is 5.75. The van der Waals surface area contributed by atoms with Crippen LogP contribution in [0, 0.1) is 0 Å². The van der Waals surface area contributed by atoms with Gasteiger partial charge in [-0.1, -0.05) is 18.2 Å². The highest BCUT2D eigenvalue weighted by Crippen LogP contribution is 2.32. The van der Waals surface area contributed by atoms with Gasteiger partial charge in [-0.15, -0.1) is 0 Å². The van der Waals surface area contributed by atoms with E-state index in [2.05, 4.69) is 10.3 Å². The van der Waals surface area contributed by atoms with Crippen LogP contribution < -0.4 is 10.1 Å². The molecule has 138 valence electrons. The van der Waals surface area contributed by atoms with Crippen molar-refractivity contribution in [3.8, 4) is 5.75 Å². The second-order valence-corrected chi connectivity index (χ2v) is 7.83. The highest BCUT2D eigenvalue weighted by molar-refractivity contribution is 7.91. The summed E-state index contributed by atoms with van der Waals surface area (Å²) >= 11 is 0. The zero-order valence-electron chi connectivity index (χ0n) is 13.6. The molecule has 2 aromatic rings. The number of carbonyl (C=O) groups excluding carboxylic acids is 1. The lowest BCUT2D eigenvalue weighted by Gasteiger charge is -2.26. The van der Waals surface area contributed by atoms with E-state index in [4.69, 9.17) is 4.74 Å². The molecule has 3 rings (SSSR count). The van der Waals surface area contributed by atoms with Gasteiger partial charge < -0.3 is 10.1 Å². The smallest absolute Gasteiger partial charge is 0.272 e. The molecule has 1 aromatic carbocycles. The van der Waals surface area contributed by atoms with E-state index in [-0.39, 0.29) is 28.5 Å². The van der Waals surface area contributed by atoms with Crippen molar-refractivity contribution in [3.63, 3.8) is 0 Å². The van der Waals surface area contributed by atoms with Gasteiger partial charge in [0.05, 0.1) is 16.7 Å². The molecule has 1 aliphatic heterocycles. The molecule has 1 aliphatic rings. The summed E-state index contributed by atoms with van der Waals surface area (Å²) in [6, 6.07) is 8.67. The van der Waals surface area contributed by atoms with E-state index in [1.165, 1.54) is 24.4 Å². The molecular weight excluding hydrogens is 366 g/mol. The maximum absolute atomic E-state index is 12.4. The van der Waals surface area contributed by atoms with Crippen molar-refractivity contribution < 1.29 is 26.7 Å². The highest BCUT2D eigenvalue weighted by atomic mass is 32.2. The Morgan fingerprint density at radius 2 is 2.08 bits per heavy atom. The minimum absolute atomic E-state index is 0.00248. The van der Waals surface area contributed by atoms with Gasteiger partial charge in [-0.05, 0) is 24.1 Å². The summed E-state index contributed by atoms with van der Waals surface area (Å²) in [5, 5.41) is 2.75. The van der Waals surface area contributed by atoms with Crippen LogP contribution in [0.4, 0.5) is 8.78 Å². The summed E-state index contributed by atoms with van der Waals surface area (Å²) in [7, 11) is -3.36. The summed E-state index contributed by atoms with van der Waals surface area (Å²) < 4.78 is 53.6. The van der Waals surface area contributed by atoms with Crippen molar-refractivity contribution in [1.82, 2.24) is 10.3 Å². The van der Waals surface area contributed by atoms with Crippen molar-refractivity contribution in [2.24, 2.45) is 0 Å². The fourth-order valence-corrected chi connectivity index (χ4v) is 4.38. The third-order valence-electron chi connectivity index (χ3n) is 3.95. The maximum Gasteiger partial charge on any atom is 0.272 e. The zero-order valence-corrected chi connectivity index (χ0v) is 14.4. The maximum atomic E-state index is 12.4. The van der Waals surface area contributed by atoms with Crippen molar-refractivity contribution in [1.29, 1.82) is 0 Å². The van der Waals surface area contributed by atoms with E-state index in [1.54, 1.807) is 18.2 Å². The van der Waals surface area contributed by atoms with Crippen LogP contribution in [0.1, 0.15) is 28.5 Å². The Kier molecular flexibility index (Phi) is 5.17. The molecule has 0 aliphatic carbocycles. The molecule has 0 bridgehead atoms. The van der Waals surface area contributed by atoms with E-state index < -0.39 is 34.8 Å². The fraction of sp³-hybridized carbons (Fsp3) is 0.294. The number of benzene rings is 1. The lowest BCUT2D eigenvalue weighted by Crippen LogP contribution is -2.34. The highest BCUT2D eigenvalue weighted by Gasteiger charge is 2.31. The molecule has 0 spiro atoms. The number of ether oxygens (including phenoxy) is 1. The molecule has 1 aromatic heterocycles. The fourth-order valence-electron chi connectivity index (χ4n) is 2.76. The summed E-state index contributed by atoms with van der Waals surface area (Å²) in [6.07, 6.45) is -1.09. The molecule has 9 heteroatoms. The van der Waals surface area contributed by atoms with Crippen molar-refractivity contribution >= 4 is 15.7 Å². The molecule has 0 saturated carbocycles. The zero-order chi connectivity index (χ0) is 18.7. The van der Waals surface area contributed by atoms with Crippen molar-refractivity contribution in [2.45, 2.75) is 23.8 Å². The first-order valence-electron chi connectivity index (χ1n) is 7.86. The Balaban J connectivity index is 1.78. The number of pyridine rings is 1. The van der Waals surface area contributed by atoms with Crippen LogP contribution >= 0.6 is 0 Å². The number of rotatable bonds is 5. The molecule has 0 radical (unpaired) electrons. The summed E-state index contributed by atoms with van der Waals surface area (Å²) in [4.78, 5) is 16.6. The number of nitrogens with zero attached hydrogens (tertiary/aromatic N) is 1. The van der Waals surface area contributed by atoms with Gasteiger partial charge >= 0.3 is 0 Å². The van der Waals surface area contributed by atoms with Gasteiger partial charge in [-0.25, -0.2) is 17.2 Å². The van der Waals surface area contributed by atoms with Crippen LogP contribution in [0.3, 0.4) is 0 Å². The minimum Gasteiger partial charge on any atom is -0.488 e. The Hall–Kier alpha value is -2.55. The first-order valence-corrected chi connectivity index (χ1v) is 9.51. The lowest BCUT2D eigenvalue weighted by atomic mass is 10.0. The van der Waals surface area contributed by atoms with Gasteiger partial charge in [0.15, 0.2) is 9.84 Å². The molecule has 1 amide bonds. The Bertz CT molecular complexity index is 918. The largest absolute Gasteiger partial charge is 0.488 e. The first-order chi connectivity index (χ1) is 12.4. The molecular formula is C17H16F2N2O4S. The van der Waals surface area contributed by atoms with Crippen molar-refractivity contribution in [3.05, 3.63) is 53.9 Å². The number of fused-ring (bicyclic) bond motifs is 1. The average molecular weight is 382 g/mol. The number of nitrogens with one attached hydrogen (secondary N) is 1. The Morgan fingerprint density at radius 1 is 1.31 bits per heavy atom. The minimum atomic E-state index is -3.36. The van der Waals surface area contributed by atoms with Gasteiger partial charge in [0.25, 0.3) is 12.3 Å². The third kappa shape index (κ3) is 3.98. The summed E-state index contributed by atoms with van der Waals surface area (Å²) in [6.45, 7) is -0.779. The first kappa shape index (κ1) is 18.2. The van der Waals surface area contributed by atoms with Crippen LogP contribution in [-0.4, -0.2) is 38.1 Å². The predicted molar refractivity (Wildman–Crippen MR) is 89.1 cm³/mol. The van der Waals surface area contributed by atoms with Crippen LogP contribution in [0.25, 0.3) is 0 Å². The Labute approximate surface area is 149 Å². The van der Waals surface area contributed by atoms with Crippen LogP contribution in [0.15, 0.2) is 47.5 Å². The molecule has 2 heterocycles. The van der Waals surface area contributed by atoms with Crippen LogP contribution in [-0.2, 0) is 9.84 Å². The number of aromatic nitrogens is 1. The molecule has 6 nitrogen and oxygen atoms in total. The normalized spacial score (nSPS) is 18.2. The van der Waals surface area contributed by atoms with Crippen LogP contribution in [0.2, 0.25) is 0 Å². The number of carbonyl (C=O) groups is 1. The van der Waals surface area contributed by atoms with Gasteiger partial charge in [-0.3, -0.25) is 9.78 Å². The van der Waals surface area contributed by atoms with E-state index in [0.717, 1.165) is 0 Å². The van der Waals surface area contributed by atoms with E-state index in [0.29, 0.717) is 5.56 Å². The molecule has 0 saturated heterocycles. The number of hydrogen-bond acceptors (Lipinski definition) is 5. The number of alkyl halides is 2. The van der Waals surface area contributed by atoms with Gasteiger partial charge in [-0.2, -0.15) is 0 Å². The molecule has 0 fully saturated rings. The number of hydrogen-bond donors (Lipinski definition) is 1. The number of amides is 1. The number of sulfone groups is 1. The third-order valence-corrected chi connectivity index (χ3v) is 5.77. The van der Waals surface area contributed by atoms with Crippen molar-refractivity contribution in [2.75, 3.05) is 12.4 Å². The van der Waals surface area contributed by atoms with Gasteiger partial charge in [0.2, 0.25) is 0 Å². The molecule has 26 heavy (non-hydrogen) atoms. The quantitative estimate of drug-likeness (QED) is 0.858. The topological polar surface area (TPSA) is 85.4 Å². The van der Waals surface area contributed by atoms with E-state index >= 15 is 0 Å².